The maximum absolute atomic E-state index is 11.8. The van der Waals surface area contributed by atoms with Crippen LogP contribution in [0.5, 0.6) is 0 Å². The van der Waals surface area contributed by atoms with Crippen LogP contribution in [-0.2, 0) is 4.74 Å². The van der Waals surface area contributed by atoms with Gasteiger partial charge in [0.1, 0.15) is 0 Å². The number of aliphatic hydroxyl groups excluding tert-OH is 1. The number of rotatable bonds is 6. The maximum atomic E-state index is 11.8. The standard InChI is InChI=1S/C13H18ClNO3/c1-3-18-13(17)11-6-4-5-9(2)12(11)15-8-10(16)7-14/h4-6,10,15-16H,3,7-8H2,1-2H3. The van der Waals surface area contributed by atoms with Gasteiger partial charge in [-0.25, -0.2) is 4.79 Å². The number of esters is 1. The lowest BCUT2D eigenvalue weighted by atomic mass is 10.1. The summed E-state index contributed by atoms with van der Waals surface area (Å²) < 4.78 is 4.99. The predicted molar refractivity (Wildman–Crippen MR) is 72.4 cm³/mol. The van der Waals surface area contributed by atoms with Crippen LogP contribution in [-0.4, -0.2) is 36.2 Å². The third kappa shape index (κ3) is 3.89. The highest BCUT2D eigenvalue weighted by Crippen LogP contribution is 2.21. The second-order valence-electron chi connectivity index (χ2n) is 3.91. The number of nitrogens with one attached hydrogen (secondary N) is 1. The van der Waals surface area contributed by atoms with E-state index in [1.165, 1.54) is 0 Å². The fourth-order valence-electron chi connectivity index (χ4n) is 1.56. The fraction of sp³-hybridized carbons (Fsp3) is 0.462. The lowest BCUT2D eigenvalue weighted by Gasteiger charge is -2.15. The first-order valence-electron chi connectivity index (χ1n) is 5.84. The molecule has 0 saturated carbocycles. The van der Waals surface area contributed by atoms with Gasteiger partial charge in [0.25, 0.3) is 0 Å². The molecule has 4 nitrogen and oxygen atoms in total. The van der Waals surface area contributed by atoms with Gasteiger partial charge in [0.05, 0.1) is 29.8 Å². The quantitative estimate of drug-likeness (QED) is 0.615. The fourth-order valence-corrected chi connectivity index (χ4v) is 1.66. The number of benzene rings is 1. The van der Waals surface area contributed by atoms with Crippen molar-refractivity contribution in [3.63, 3.8) is 0 Å². The topological polar surface area (TPSA) is 58.6 Å². The number of hydrogen-bond acceptors (Lipinski definition) is 4. The summed E-state index contributed by atoms with van der Waals surface area (Å²) in [5, 5.41) is 12.5. The Hall–Kier alpha value is -1.26. The average molecular weight is 272 g/mol. The Morgan fingerprint density at radius 1 is 1.56 bits per heavy atom. The zero-order valence-electron chi connectivity index (χ0n) is 10.6. The van der Waals surface area contributed by atoms with Crippen LogP contribution in [0.15, 0.2) is 18.2 Å². The minimum Gasteiger partial charge on any atom is -0.462 e. The molecule has 0 saturated heterocycles. The first kappa shape index (κ1) is 14.8. The molecular formula is C13H18ClNO3. The molecule has 0 radical (unpaired) electrons. The highest BCUT2D eigenvalue weighted by Gasteiger charge is 2.14. The molecule has 100 valence electrons. The number of ether oxygens (including phenoxy) is 1. The smallest absolute Gasteiger partial charge is 0.340 e. The van der Waals surface area contributed by atoms with Gasteiger partial charge < -0.3 is 15.2 Å². The molecule has 0 fully saturated rings. The third-order valence-electron chi connectivity index (χ3n) is 2.46. The number of hydrogen-bond donors (Lipinski definition) is 2. The largest absolute Gasteiger partial charge is 0.462 e. The van der Waals surface area contributed by atoms with E-state index in [0.29, 0.717) is 24.4 Å². The summed E-state index contributed by atoms with van der Waals surface area (Å²) in [6, 6.07) is 5.38. The van der Waals surface area contributed by atoms with E-state index in [4.69, 9.17) is 16.3 Å². The van der Waals surface area contributed by atoms with E-state index in [-0.39, 0.29) is 11.8 Å². The summed E-state index contributed by atoms with van der Waals surface area (Å²) >= 11 is 5.53. The lowest BCUT2D eigenvalue weighted by molar-refractivity contribution is 0.0527. The molecule has 18 heavy (non-hydrogen) atoms. The molecule has 0 bridgehead atoms. The average Bonchev–Trinajstić information content (AvgIpc) is 2.36. The zero-order valence-corrected chi connectivity index (χ0v) is 11.3. The number of aryl methyl sites for hydroxylation is 1. The SMILES string of the molecule is CCOC(=O)c1cccc(C)c1NCC(O)CCl. The van der Waals surface area contributed by atoms with Crippen molar-refractivity contribution in [2.24, 2.45) is 0 Å². The molecule has 0 aliphatic heterocycles. The predicted octanol–water partition coefficient (Wildman–Crippen LogP) is 2.18. The Balaban J connectivity index is 2.90. The molecule has 2 N–H and O–H groups in total. The van der Waals surface area contributed by atoms with Crippen molar-refractivity contribution in [3.05, 3.63) is 29.3 Å². The van der Waals surface area contributed by atoms with Gasteiger partial charge in [0.15, 0.2) is 0 Å². The number of anilines is 1. The number of carbonyl (C=O) groups is 1. The second-order valence-corrected chi connectivity index (χ2v) is 4.22. The van der Waals surface area contributed by atoms with E-state index in [2.05, 4.69) is 5.32 Å². The summed E-state index contributed by atoms with van der Waals surface area (Å²) in [4.78, 5) is 11.8. The van der Waals surface area contributed by atoms with Gasteiger partial charge in [-0.2, -0.15) is 0 Å². The zero-order chi connectivity index (χ0) is 13.5. The minimum atomic E-state index is -0.652. The van der Waals surface area contributed by atoms with Crippen LogP contribution in [0, 0.1) is 6.92 Å². The van der Waals surface area contributed by atoms with Crippen LogP contribution in [0.4, 0.5) is 5.69 Å². The van der Waals surface area contributed by atoms with Crippen molar-refractivity contribution in [3.8, 4) is 0 Å². The molecule has 0 amide bonds. The first-order chi connectivity index (χ1) is 8.60. The van der Waals surface area contributed by atoms with E-state index >= 15 is 0 Å². The number of carbonyl (C=O) groups excluding carboxylic acids is 1. The van der Waals surface area contributed by atoms with E-state index in [1.54, 1.807) is 19.1 Å². The van der Waals surface area contributed by atoms with Gasteiger partial charge in [0, 0.05) is 6.54 Å². The summed E-state index contributed by atoms with van der Waals surface area (Å²) in [6.45, 7) is 4.27. The Bertz CT molecular complexity index is 409. The van der Waals surface area contributed by atoms with Crippen LogP contribution >= 0.6 is 11.6 Å². The van der Waals surface area contributed by atoms with Gasteiger partial charge in [-0.1, -0.05) is 12.1 Å². The maximum Gasteiger partial charge on any atom is 0.340 e. The number of aliphatic hydroxyl groups is 1. The molecule has 1 unspecified atom stereocenters. The molecule has 1 rings (SSSR count). The van der Waals surface area contributed by atoms with Gasteiger partial charge in [0.2, 0.25) is 0 Å². The van der Waals surface area contributed by atoms with Crippen molar-refractivity contribution in [1.29, 1.82) is 0 Å². The molecule has 0 spiro atoms. The Morgan fingerprint density at radius 2 is 2.28 bits per heavy atom. The Kier molecular flexibility index (Phi) is 5.95. The Morgan fingerprint density at radius 3 is 2.89 bits per heavy atom. The summed E-state index contributed by atoms with van der Waals surface area (Å²) in [7, 11) is 0. The molecule has 0 aliphatic rings. The second kappa shape index (κ2) is 7.24. The van der Waals surface area contributed by atoms with Crippen LogP contribution in [0.3, 0.4) is 0 Å². The van der Waals surface area contributed by atoms with Gasteiger partial charge >= 0.3 is 5.97 Å². The van der Waals surface area contributed by atoms with Crippen molar-refractivity contribution in [2.45, 2.75) is 20.0 Å². The summed E-state index contributed by atoms with van der Waals surface area (Å²) in [5.74, 6) is -0.225. The molecule has 0 aromatic heterocycles. The highest BCUT2D eigenvalue weighted by molar-refractivity contribution is 6.18. The van der Waals surface area contributed by atoms with E-state index in [1.807, 2.05) is 13.0 Å². The van der Waals surface area contributed by atoms with E-state index in [9.17, 15) is 9.90 Å². The number of halogens is 1. The van der Waals surface area contributed by atoms with E-state index < -0.39 is 6.10 Å². The van der Waals surface area contributed by atoms with Gasteiger partial charge in [-0.3, -0.25) is 0 Å². The molecule has 0 aliphatic carbocycles. The molecule has 1 aromatic carbocycles. The molecule has 1 atom stereocenters. The molecule has 1 aromatic rings. The Labute approximate surface area is 112 Å². The third-order valence-corrected chi connectivity index (χ3v) is 2.82. The number of para-hydroxylation sites is 1. The van der Waals surface area contributed by atoms with Crippen molar-refractivity contribution >= 4 is 23.3 Å². The van der Waals surface area contributed by atoms with Crippen LogP contribution in [0.2, 0.25) is 0 Å². The van der Waals surface area contributed by atoms with Crippen molar-refractivity contribution in [2.75, 3.05) is 24.3 Å². The van der Waals surface area contributed by atoms with Gasteiger partial charge in [-0.05, 0) is 25.5 Å². The normalized spacial score (nSPS) is 12.0. The minimum absolute atomic E-state index is 0.146. The van der Waals surface area contributed by atoms with E-state index in [0.717, 1.165) is 5.56 Å². The molecule has 0 heterocycles. The summed E-state index contributed by atoms with van der Waals surface area (Å²) in [5.41, 5.74) is 2.07. The number of alkyl halides is 1. The molecular weight excluding hydrogens is 254 g/mol. The highest BCUT2D eigenvalue weighted by atomic mass is 35.5. The van der Waals surface area contributed by atoms with Crippen molar-refractivity contribution in [1.82, 2.24) is 0 Å². The van der Waals surface area contributed by atoms with Gasteiger partial charge in [-0.15, -0.1) is 11.6 Å². The van der Waals surface area contributed by atoms with Crippen molar-refractivity contribution < 1.29 is 14.6 Å². The monoisotopic (exact) mass is 271 g/mol. The van der Waals surface area contributed by atoms with Crippen LogP contribution < -0.4 is 5.32 Å². The lowest BCUT2D eigenvalue weighted by Crippen LogP contribution is -2.22. The summed E-state index contributed by atoms with van der Waals surface area (Å²) in [6.07, 6.45) is -0.652. The van der Waals surface area contributed by atoms with Crippen LogP contribution in [0.1, 0.15) is 22.8 Å². The first-order valence-corrected chi connectivity index (χ1v) is 6.38. The molecule has 5 heteroatoms. The van der Waals surface area contributed by atoms with Crippen LogP contribution in [0.25, 0.3) is 0 Å².